The van der Waals surface area contributed by atoms with Crippen LogP contribution < -0.4 is 0 Å². The summed E-state index contributed by atoms with van der Waals surface area (Å²) < 4.78 is 15.1. The van der Waals surface area contributed by atoms with Crippen LogP contribution in [-0.2, 0) is 6.54 Å². The Bertz CT molecular complexity index is 765. The van der Waals surface area contributed by atoms with Crippen molar-refractivity contribution >= 4 is 21.6 Å². The highest BCUT2D eigenvalue weighted by Gasteiger charge is 2.29. The van der Waals surface area contributed by atoms with Crippen molar-refractivity contribution in [3.05, 3.63) is 64.9 Å². The number of hydrogen-bond acceptors (Lipinski definition) is 3. The predicted octanol–water partition coefficient (Wildman–Crippen LogP) is 4.77. The van der Waals surface area contributed by atoms with Crippen molar-refractivity contribution in [1.29, 1.82) is 0 Å². The largest absolute Gasteiger partial charge is 0.290 e. The van der Waals surface area contributed by atoms with E-state index in [-0.39, 0.29) is 5.82 Å². The van der Waals surface area contributed by atoms with E-state index in [1.807, 2.05) is 18.2 Å². The Labute approximate surface area is 133 Å². The van der Waals surface area contributed by atoms with Crippen molar-refractivity contribution in [1.82, 2.24) is 9.88 Å². The van der Waals surface area contributed by atoms with Crippen LogP contribution in [0.15, 0.2) is 48.5 Å². The molecule has 1 atom stereocenters. The minimum atomic E-state index is -0.113. The van der Waals surface area contributed by atoms with Crippen LogP contribution in [0.2, 0.25) is 0 Å². The third-order valence-corrected chi connectivity index (χ3v) is 5.43. The molecule has 112 valence electrons. The van der Waals surface area contributed by atoms with Gasteiger partial charge >= 0.3 is 0 Å². The number of fused-ring (bicyclic) bond motifs is 1. The molecular weight excluding hydrogens is 295 g/mol. The van der Waals surface area contributed by atoms with Gasteiger partial charge in [0.15, 0.2) is 0 Å². The number of rotatable bonds is 3. The van der Waals surface area contributed by atoms with Crippen molar-refractivity contribution in [2.45, 2.75) is 25.4 Å². The highest BCUT2D eigenvalue weighted by Crippen LogP contribution is 2.37. The van der Waals surface area contributed by atoms with Gasteiger partial charge in [-0.25, -0.2) is 9.37 Å². The minimum Gasteiger partial charge on any atom is -0.290 e. The van der Waals surface area contributed by atoms with Crippen LogP contribution in [0.25, 0.3) is 10.2 Å². The Kier molecular flexibility index (Phi) is 3.64. The van der Waals surface area contributed by atoms with Crippen molar-refractivity contribution in [3.63, 3.8) is 0 Å². The Morgan fingerprint density at radius 2 is 1.95 bits per heavy atom. The monoisotopic (exact) mass is 312 g/mol. The lowest BCUT2D eigenvalue weighted by Crippen LogP contribution is -2.23. The van der Waals surface area contributed by atoms with Crippen molar-refractivity contribution in [2.75, 3.05) is 6.54 Å². The molecule has 0 aliphatic carbocycles. The highest BCUT2D eigenvalue weighted by molar-refractivity contribution is 7.18. The van der Waals surface area contributed by atoms with E-state index in [0.717, 1.165) is 35.5 Å². The summed E-state index contributed by atoms with van der Waals surface area (Å²) >= 11 is 1.77. The molecule has 1 aromatic heterocycles. The van der Waals surface area contributed by atoms with Crippen LogP contribution in [0.1, 0.15) is 29.5 Å². The highest BCUT2D eigenvalue weighted by atomic mass is 32.1. The molecule has 0 spiro atoms. The molecule has 1 unspecified atom stereocenters. The zero-order chi connectivity index (χ0) is 14.9. The van der Waals surface area contributed by atoms with E-state index in [0.29, 0.717) is 12.6 Å². The van der Waals surface area contributed by atoms with Crippen LogP contribution in [-0.4, -0.2) is 16.4 Å². The Morgan fingerprint density at radius 3 is 2.82 bits per heavy atom. The molecule has 0 amide bonds. The maximum atomic E-state index is 13.9. The molecule has 2 heterocycles. The van der Waals surface area contributed by atoms with E-state index in [9.17, 15) is 4.39 Å². The Morgan fingerprint density at radius 1 is 1.14 bits per heavy atom. The second-order valence-corrected chi connectivity index (χ2v) is 6.80. The fourth-order valence-electron chi connectivity index (χ4n) is 3.17. The number of thiazole rings is 1. The van der Waals surface area contributed by atoms with Gasteiger partial charge in [0.05, 0.1) is 16.3 Å². The number of para-hydroxylation sites is 1. The molecule has 1 aliphatic heterocycles. The van der Waals surface area contributed by atoms with E-state index in [1.54, 1.807) is 17.4 Å². The van der Waals surface area contributed by atoms with Crippen LogP contribution in [0.3, 0.4) is 0 Å². The van der Waals surface area contributed by atoms with Gasteiger partial charge in [-0.2, -0.15) is 0 Å². The molecule has 0 bridgehead atoms. The summed E-state index contributed by atoms with van der Waals surface area (Å²) in [6.07, 6.45) is 2.25. The summed E-state index contributed by atoms with van der Waals surface area (Å²) in [4.78, 5) is 7.15. The lowest BCUT2D eigenvalue weighted by molar-refractivity contribution is 0.245. The van der Waals surface area contributed by atoms with Crippen LogP contribution in [0, 0.1) is 5.82 Å². The number of aromatic nitrogens is 1. The summed E-state index contributed by atoms with van der Waals surface area (Å²) in [7, 11) is 0. The van der Waals surface area contributed by atoms with E-state index >= 15 is 0 Å². The molecule has 0 radical (unpaired) electrons. The van der Waals surface area contributed by atoms with E-state index in [4.69, 9.17) is 4.98 Å². The Balaban J connectivity index is 1.62. The molecule has 4 heteroatoms. The average molecular weight is 312 g/mol. The van der Waals surface area contributed by atoms with Gasteiger partial charge in [0.25, 0.3) is 0 Å². The van der Waals surface area contributed by atoms with Crippen molar-refractivity contribution in [3.8, 4) is 0 Å². The average Bonchev–Trinajstić information content (AvgIpc) is 3.15. The molecular formula is C18H17FN2S. The zero-order valence-corrected chi connectivity index (χ0v) is 13.0. The number of benzene rings is 2. The van der Waals surface area contributed by atoms with Gasteiger partial charge in [-0.15, -0.1) is 11.3 Å². The Hall–Kier alpha value is -1.78. The molecule has 1 saturated heterocycles. The third kappa shape index (κ3) is 2.53. The van der Waals surface area contributed by atoms with Gasteiger partial charge < -0.3 is 0 Å². The van der Waals surface area contributed by atoms with Crippen LogP contribution >= 0.6 is 11.3 Å². The summed E-state index contributed by atoms with van der Waals surface area (Å²) in [5, 5.41) is 1.16. The fraction of sp³-hybridized carbons (Fsp3) is 0.278. The predicted molar refractivity (Wildman–Crippen MR) is 88.4 cm³/mol. The normalized spacial score (nSPS) is 19.0. The number of likely N-dealkylation sites (tertiary alicyclic amines) is 1. The van der Waals surface area contributed by atoms with Crippen LogP contribution in [0.5, 0.6) is 0 Å². The number of halogens is 1. The molecule has 22 heavy (non-hydrogen) atoms. The van der Waals surface area contributed by atoms with Gasteiger partial charge in [0, 0.05) is 12.1 Å². The number of hydrogen-bond donors (Lipinski definition) is 0. The first-order chi connectivity index (χ1) is 10.8. The molecule has 2 aromatic carbocycles. The van der Waals surface area contributed by atoms with Gasteiger partial charge in [0.1, 0.15) is 10.8 Å². The molecule has 0 N–H and O–H groups in total. The standard InChI is InChI=1S/C18H17FN2S/c19-14-7-2-1-6-13(14)12-21-11-5-9-16(21)18-20-15-8-3-4-10-17(15)22-18/h1-4,6-8,10,16H,5,9,11-12H2. The van der Waals surface area contributed by atoms with Gasteiger partial charge in [-0.05, 0) is 37.6 Å². The summed E-state index contributed by atoms with van der Waals surface area (Å²) in [6.45, 7) is 1.67. The van der Waals surface area contributed by atoms with E-state index in [1.165, 1.54) is 10.8 Å². The summed E-state index contributed by atoms with van der Waals surface area (Å²) in [5.41, 5.74) is 1.84. The smallest absolute Gasteiger partial charge is 0.127 e. The van der Waals surface area contributed by atoms with Crippen molar-refractivity contribution < 1.29 is 4.39 Å². The maximum absolute atomic E-state index is 13.9. The van der Waals surface area contributed by atoms with E-state index in [2.05, 4.69) is 23.1 Å². The second kappa shape index (κ2) is 5.78. The molecule has 3 aromatic rings. The second-order valence-electron chi connectivity index (χ2n) is 5.74. The molecule has 0 saturated carbocycles. The molecule has 1 aliphatic rings. The minimum absolute atomic E-state index is 0.113. The van der Waals surface area contributed by atoms with Gasteiger partial charge in [-0.3, -0.25) is 4.90 Å². The fourth-order valence-corrected chi connectivity index (χ4v) is 4.31. The lowest BCUT2D eigenvalue weighted by atomic mass is 10.2. The van der Waals surface area contributed by atoms with E-state index < -0.39 is 0 Å². The molecule has 1 fully saturated rings. The maximum Gasteiger partial charge on any atom is 0.127 e. The third-order valence-electron chi connectivity index (χ3n) is 4.29. The summed E-state index contributed by atoms with van der Waals surface area (Å²) in [5.74, 6) is -0.113. The lowest BCUT2D eigenvalue weighted by Gasteiger charge is -2.22. The van der Waals surface area contributed by atoms with Crippen LogP contribution in [0.4, 0.5) is 4.39 Å². The van der Waals surface area contributed by atoms with Gasteiger partial charge in [-0.1, -0.05) is 30.3 Å². The van der Waals surface area contributed by atoms with Crippen molar-refractivity contribution in [2.24, 2.45) is 0 Å². The topological polar surface area (TPSA) is 16.1 Å². The summed E-state index contributed by atoms with van der Waals surface area (Å²) in [6, 6.07) is 15.6. The SMILES string of the molecule is Fc1ccccc1CN1CCCC1c1nc2ccccc2s1. The quantitative estimate of drug-likeness (QED) is 0.692. The number of nitrogens with zero attached hydrogens (tertiary/aromatic N) is 2. The zero-order valence-electron chi connectivity index (χ0n) is 12.2. The molecule has 4 rings (SSSR count). The first-order valence-corrected chi connectivity index (χ1v) is 8.46. The molecule has 2 nitrogen and oxygen atoms in total. The first kappa shape index (κ1) is 13.9. The van der Waals surface area contributed by atoms with Gasteiger partial charge in [0.2, 0.25) is 0 Å². The first-order valence-electron chi connectivity index (χ1n) is 7.64.